The van der Waals surface area contributed by atoms with Gasteiger partial charge in [-0.15, -0.1) is 11.8 Å². The lowest BCUT2D eigenvalue weighted by atomic mass is 10.2. The van der Waals surface area contributed by atoms with Crippen LogP contribution in [0.3, 0.4) is 0 Å². The molecule has 0 aliphatic heterocycles. The quantitative estimate of drug-likeness (QED) is 0.717. The van der Waals surface area contributed by atoms with E-state index in [-0.39, 0.29) is 0 Å². The number of aliphatic hydroxyl groups excluding tert-OH is 1. The number of thioether (sulfide) groups is 1. The van der Waals surface area contributed by atoms with E-state index in [1.165, 1.54) is 10.5 Å². The molecule has 0 aliphatic rings. The van der Waals surface area contributed by atoms with Gasteiger partial charge < -0.3 is 10.8 Å². The smallest absolute Gasteiger partial charge is 0.0756 e. The zero-order valence-electron chi connectivity index (χ0n) is 7.73. The molecule has 1 rings (SSSR count). The predicted octanol–water partition coefficient (Wildman–Crippen LogP) is 1.41. The third-order valence-electron chi connectivity index (χ3n) is 1.74. The van der Waals surface area contributed by atoms with Gasteiger partial charge in [-0.2, -0.15) is 0 Å². The van der Waals surface area contributed by atoms with Crippen molar-refractivity contribution in [2.24, 2.45) is 5.73 Å². The van der Waals surface area contributed by atoms with E-state index in [2.05, 4.69) is 31.2 Å². The van der Waals surface area contributed by atoms with Gasteiger partial charge in [-0.05, 0) is 19.1 Å². The van der Waals surface area contributed by atoms with Gasteiger partial charge in [0.15, 0.2) is 0 Å². The van der Waals surface area contributed by atoms with E-state index in [0.717, 1.165) is 0 Å². The summed E-state index contributed by atoms with van der Waals surface area (Å²) in [6, 6.07) is 8.25. The highest BCUT2D eigenvalue weighted by Crippen LogP contribution is 2.18. The minimum absolute atomic E-state index is 0.332. The van der Waals surface area contributed by atoms with Crippen LogP contribution in [0.2, 0.25) is 0 Å². The predicted molar refractivity (Wildman–Crippen MR) is 57.0 cm³/mol. The molecule has 0 amide bonds. The summed E-state index contributed by atoms with van der Waals surface area (Å²) in [5, 5.41) is 9.23. The van der Waals surface area contributed by atoms with E-state index in [1.807, 2.05) is 0 Å². The third kappa shape index (κ3) is 3.81. The summed E-state index contributed by atoms with van der Waals surface area (Å²) < 4.78 is 0. The van der Waals surface area contributed by atoms with Gasteiger partial charge >= 0.3 is 0 Å². The molecule has 1 atom stereocenters. The largest absolute Gasteiger partial charge is 0.391 e. The van der Waals surface area contributed by atoms with Crippen LogP contribution in [0.25, 0.3) is 0 Å². The van der Waals surface area contributed by atoms with Crippen LogP contribution in [0.5, 0.6) is 0 Å². The van der Waals surface area contributed by atoms with Crippen LogP contribution in [-0.4, -0.2) is 23.5 Å². The second kappa shape index (κ2) is 5.27. The van der Waals surface area contributed by atoms with Crippen molar-refractivity contribution in [2.75, 3.05) is 12.3 Å². The van der Waals surface area contributed by atoms with Gasteiger partial charge in [-0.25, -0.2) is 0 Å². The summed E-state index contributed by atoms with van der Waals surface area (Å²) in [7, 11) is 0. The molecular weight excluding hydrogens is 182 g/mol. The minimum Gasteiger partial charge on any atom is -0.391 e. The Hall–Kier alpha value is -0.510. The summed E-state index contributed by atoms with van der Waals surface area (Å²) in [6.07, 6.45) is -0.397. The van der Waals surface area contributed by atoms with Crippen molar-refractivity contribution in [3.63, 3.8) is 0 Å². The molecule has 0 radical (unpaired) electrons. The fourth-order valence-electron chi connectivity index (χ4n) is 0.895. The van der Waals surface area contributed by atoms with Gasteiger partial charge in [0.1, 0.15) is 0 Å². The van der Waals surface area contributed by atoms with Crippen LogP contribution >= 0.6 is 11.8 Å². The number of nitrogens with two attached hydrogens (primary N) is 1. The Morgan fingerprint density at radius 3 is 2.54 bits per heavy atom. The molecular formula is C10H15NOS. The van der Waals surface area contributed by atoms with E-state index in [4.69, 9.17) is 5.73 Å². The number of hydrogen-bond donors (Lipinski definition) is 2. The summed E-state index contributed by atoms with van der Waals surface area (Å²) in [6.45, 7) is 2.39. The molecule has 0 bridgehead atoms. The Kier molecular flexibility index (Phi) is 4.28. The molecule has 1 aromatic carbocycles. The highest BCUT2D eigenvalue weighted by molar-refractivity contribution is 7.99. The fraction of sp³-hybridized carbons (Fsp3) is 0.400. The lowest BCUT2D eigenvalue weighted by Gasteiger charge is -2.06. The number of rotatable bonds is 4. The van der Waals surface area contributed by atoms with Gasteiger partial charge in [-0.3, -0.25) is 0 Å². The molecule has 0 aliphatic carbocycles. The van der Waals surface area contributed by atoms with Gasteiger partial charge in [0, 0.05) is 17.2 Å². The van der Waals surface area contributed by atoms with E-state index in [1.54, 1.807) is 11.8 Å². The molecule has 2 nitrogen and oxygen atoms in total. The molecule has 13 heavy (non-hydrogen) atoms. The zero-order valence-corrected chi connectivity index (χ0v) is 8.55. The zero-order chi connectivity index (χ0) is 9.68. The topological polar surface area (TPSA) is 46.2 Å². The van der Waals surface area contributed by atoms with Gasteiger partial charge in [0.05, 0.1) is 6.10 Å². The first-order chi connectivity index (χ1) is 6.22. The van der Waals surface area contributed by atoms with Crippen LogP contribution in [0.1, 0.15) is 5.56 Å². The average Bonchev–Trinajstić information content (AvgIpc) is 2.16. The molecule has 0 spiro atoms. The molecule has 0 fully saturated rings. The highest BCUT2D eigenvalue weighted by atomic mass is 32.2. The van der Waals surface area contributed by atoms with Crippen molar-refractivity contribution in [3.05, 3.63) is 29.8 Å². The Labute approximate surface area is 83.1 Å². The van der Waals surface area contributed by atoms with Gasteiger partial charge in [0.2, 0.25) is 0 Å². The lowest BCUT2D eigenvalue weighted by Crippen LogP contribution is -2.21. The summed E-state index contributed by atoms with van der Waals surface area (Å²) in [5.41, 5.74) is 6.55. The maximum Gasteiger partial charge on any atom is 0.0756 e. The van der Waals surface area contributed by atoms with E-state index >= 15 is 0 Å². The summed E-state index contributed by atoms with van der Waals surface area (Å²) in [5.74, 6) is 0.666. The van der Waals surface area contributed by atoms with E-state index in [9.17, 15) is 5.11 Å². The van der Waals surface area contributed by atoms with E-state index in [0.29, 0.717) is 12.3 Å². The average molecular weight is 197 g/mol. The third-order valence-corrected chi connectivity index (χ3v) is 2.89. The standard InChI is InChI=1S/C10H15NOS/c1-8-2-4-10(5-3-8)13-7-9(12)6-11/h2-5,9,12H,6-7,11H2,1H3. The van der Waals surface area contributed by atoms with Crippen molar-refractivity contribution in [2.45, 2.75) is 17.9 Å². The van der Waals surface area contributed by atoms with Gasteiger partial charge in [-0.1, -0.05) is 17.7 Å². The molecule has 1 aromatic rings. The van der Waals surface area contributed by atoms with E-state index < -0.39 is 6.10 Å². The maximum atomic E-state index is 9.23. The Balaban J connectivity index is 2.41. The number of aliphatic hydroxyl groups is 1. The van der Waals surface area contributed by atoms with Crippen LogP contribution in [0.15, 0.2) is 29.2 Å². The monoisotopic (exact) mass is 197 g/mol. The molecule has 72 valence electrons. The summed E-state index contributed by atoms with van der Waals surface area (Å²) >= 11 is 1.63. The van der Waals surface area contributed by atoms with Crippen molar-refractivity contribution >= 4 is 11.8 Å². The van der Waals surface area contributed by atoms with Crippen molar-refractivity contribution in [1.29, 1.82) is 0 Å². The Morgan fingerprint density at radius 1 is 1.38 bits per heavy atom. The highest BCUT2D eigenvalue weighted by Gasteiger charge is 2.01. The number of aryl methyl sites for hydroxylation is 1. The second-order valence-electron chi connectivity index (χ2n) is 3.01. The maximum absolute atomic E-state index is 9.23. The van der Waals surface area contributed by atoms with Crippen LogP contribution < -0.4 is 5.73 Å². The van der Waals surface area contributed by atoms with Crippen molar-refractivity contribution < 1.29 is 5.11 Å². The normalized spacial score (nSPS) is 12.8. The molecule has 0 aromatic heterocycles. The van der Waals surface area contributed by atoms with Crippen LogP contribution in [0, 0.1) is 6.92 Å². The number of hydrogen-bond acceptors (Lipinski definition) is 3. The second-order valence-corrected chi connectivity index (χ2v) is 4.11. The van der Waals surface area contributed by atoms with Gasteiger partial charge in [0.25, 0.3) is 0 Å². The first kappa shape index (κ1) is 10.6. The molecule has 3 heteroatoms. The van der Waals surface area contributed by atoms with Crippen LogP contribution in [-0.2, 0) is 0 Å². The molecule has 0 saturated carbocycles. The van der Waals surface area contributed by atoms with Crippen molar-refractivity contribution in [3.8, 4) is 0 Å². The first-order valence-corrected chi connectivity index (χ1v) is 5.28. The van der Waals surface area contributed by atoms with Crippen LogP contribution in [0.4, 0.5) is 0 Å². The Bertz CT molecular complexity index is 248. The molecule has 0 heterocycles. The number of benzene rings is 1. The molecule has 3 N–H and O–H groups in total. The van der Waals surface area contributed by atoms with Crippen molar-refractivity contribution in [1.82, 2.24) is 0 Å². The fourth-order valence-corrected chi connectivity index (χ4v) is 1.74. The summed E-state index contributed by atoms with van der Waals surface area (Å²) in [4.78, 5) is 1.18. The minimum atomic E-state index is -0.397. The Morgan fingerprint density at radius 2 is 2.00 bits per heavy atom. The first-order valence-electron chi connectivity index (χ1n) is 4.30. The molecule has 0 saturated heterocycles. The SMILES string of the molecule is Cc1ccc(SCC(O)CN)cc1. The molecule has 1 unspecified atom stereocenters. The lowest BCUT2D eigenvalue weighted by molar-refractivity contribution is 0.208.